The molecule has 0 atom stereocenters. The Morgan fingerprint density at radius 1 is 1.67 bits per heavy atom. The largest absolute Gasteiger partial charge is 0.384 e. The molecule has 1 rings (SSSR count). The van der Waals surface area contributed by atoms with E-state index < -0.39 is 0 Å². The third-order valence-electron chi connectivity index (χ3n) is 1.77. The van der Waals surface area contributed by atoms with Gasteiger partial charge >= 0.3 is 0 Å². The lowest BCUT2D eigenvalue weighted by atomic mass is 10.3. The molecule has 68 valence electrons. The van der Waals surface area contributed by atoms with Gasteiger partial charge in [-0.1, -0.05) is 0 Å². The minimum atomic E-state index is 0.748. The SMILES string of the molecule is CCn1c(CCOC)cnc1Br. The van der Waals surface area contributed by atoms with E-state index in [-0.39, 0.29) is 0 Å². The molecule has 0 bridgehead atoms. The van der Waals surface area contributed by atoms with Crippen molar-refractivity contribution in [3.05, 3.63) is 16.6 Å². The summed E-state index contributed by atoms with van der Waals surface area (Å²) in [5.74, 6) is 0. The Morgan fingerprint density at radius 3 is 3.00 bits per heavy atom. The van der Waals surface area contributed by atoms with E-state index in [0.29, 0.717) is 0 Å². The molecule has 3 nitrogen and oxygen atoms in total. The van der Waals surface area contributed by atoms with Gasteiger partial charge in [0, 0.05) is 32.0 Å². The first kappa shape index (κ1) is 9.74. The standard InChI is InChI=1S/C8H13BrN2O/c1-3-11-7(4-5-12-2)6-10-8(11)9/h6H,3-5H2,1-2H3. The smallest absolute Gasteiger partial charge is 0.177 e. The van der Waals surface area contributed by atoms with Gasteiger partial charge in [0.15, 0.2) is 4.73 Å². The molecule has 12 heavy (non-hydrogen) atoms. The van der Waals surface area contributed by atoms with Crippen molar-refractivity contribution < 1.29 is 4.74 Å². The number of imidazole rings is 1. The number of nitrogens with zero attached hydrogens (tertiary/aromatic N) is 2. The maximum Gasteiger partial charge on any atom is 0.177 e. The molecule has 0 saturated carbocycles. The zero-order valence-electron chi connectivity index (χ0n) is 7.38. The van der Waals surface area contributed by atoms with Crippen molar-refractivity contribution >= 4 is 15.9 Å². The van der Waals surface area contributed by atoms with Crippen LogP contribution in [0.1, 0.15) is 12.6 Å². The molecule has 1 heterocycles. The maximum atomic E-state index is 5.00. The maximum absolute atomic E-state index is 5.00. The molecule has 0 N–H and O–H groups in total. The van der Waals surface area contributed by atoms with Gasteiger partial charge in [-0.2, -0.15) is 0 Å². The predicted molar refractivity (Wildman–Crippen MR) is 51.2 cm³/mol. The van der Waals surface area contributed by atoms with Crippen molar-refractivity contribution in [2.24, 2.45) is 0 Å². The van der Waals surface area contributed by atoms with Crippen LogP contribution in [0.25, 0.3) is 0 Å². The highest BCUT2D eigenvalue weighted by Crippen LogP contribution is 2.11. The summed E-state index contributed by atoms with van der Waals surface area (Å²) in [6.07, 6.45) is 2.80. The van der Waals surface area contributed by atoms with E-state index in [0.717, 1.165) is 24.3 Å². The van der Waals surface area contributed by atoms with E-state index in [1.54, 1.807) is 7.11 Å². The fourth-order valence-corrected chi connectivity index (χ4v) is 1.71. The van der Waals surface area contributed by atoms with Gasteiger partial charge in [0.2, 0.25) is 0 Å². The first-order valence-corrected chi connectivity index (χ1v) is 4.77. The summed E-state index contributed by atoms with van der Waals surface area (Å²) in [6.45, 7) is 3.79. The van der Waals surface area contributed by atoms with Crippen molar-refractivity contribution in [3.8, 4) is 0 Å². The summed E-state index contributed by atoms with van der Waals surface area (Å²) < 4.78 is 8.02. The Labute approximate surface area is 80.9 Å². The van der Waals surface area contributed by atoms with Gasteiger partial charge in [-0.25, -0.2) is 4.98 Å². The minimum Gasteiger partial charge on any atom is -0.384 e. The molecule has 0 amide bonds. The monoisotopic (exact) mass is 232 g/mol. The second-order valence-electron chi connectivity index (χ2n) is 2.51. The van der Waals surface area contributed by atoms with E-state index in [4.69, 9.17) is 4.74 Å². The van der Waals surface area contributed by atoms with E-state index >= 15 is 0 Å². The average Bonchev–Trinajstić information content (AvgIpc) is 2.43. The summed E-state index contributed by atoms with van der Waals surface area (Å²) in [4.78, 5) is 4.16. The summed E-state index contributed by atoms with van der Waals surface area (Å²) >= 11 is 3.38. The Hall–Kier alpha value is -0.350. The van der Waals surface area contributed by atoms with Crippen molar-refractivity contribution in [2.75, 3.05) is 13.7 Å². The molecule has 0 radical (unpaired) electrons. The number of ether oxygens (including phenoxy) is 1. The molecule has 1 aromatic heterocycles. The average molecular weight is 233 g/mol. The molecule has 0 fully saturated rings. The van der Waals surface area contributed by atoms with Crippen LogP contribution < -0.4 is 0 Å². The lowest BCUT2D eigenvalue weighted by molar-refractivity contribution is 0.200. The van der Waals surface area contributed by atoms with Crippen molar-refractivity contribution in [2.45, 2.75) is 19.9 Å². The van der Waals surface area contributed by atoms with E-state index in [2.05, 4.69) is 32.4 Å². The number of hydrogen-bond donors (Lipinski definition) is 0. The number of hydrogen-bond acceptors (Lipinski definition) is 2. The topological polar surface area (TPSA) is 27.1 Å². The zero-order chi connectivity index (χ0) is 8.97. The third kappa shape index (κ3) is 2.08. The van der Waals surface area contributed by atoms with Gasteiger partial charge in [0.1, 0.15) is 0 Å². The summed E-state index contributed by atoms with van der Waals surface area (Å²) in [7, 11) is 1.71. The van der Waals surface area contributed by atoms with Gasteiger partial charge in [-0.05, 0) is 22.9 Å². The first-order valence-electron chi connectivity index (χ1n) is 3.98. The van der Waals surface area contributed by atoms with Gasteiger partial charge in [-0.3, -0.25) is 0 Å². The molecular weight excluding hydrogens is 220 g/mol. The fraction of sp³-hybridized carbons (Fsp3) is 0.625. The normalized spacial score (nSPS) is 10.6. The quantitative estimate of drug-likeness (QED) is 0.793. The molecule has 0 unspecified atom stereocenters. The van der Waals surface area contributed by atoms with Gasteiger partial charge < -0.3 is 9.30 Å². The number of methoxy groups -OCH3 is 1. The van der Waals surface area contributed by atoms with Gasteiger partial charge in [-0.15, -0.1) is 0 Å². The fourth-order valence-electron chi connectivity index (χ4n) is 1.13. The van der Waals surface area contributed by atoms with Gasteiger partial charge in [0.25, 0.3) is 0 Å². The minimum absolute atomic E-state index is 0.748. The molecule has 4 heteroatoms. The molecule has 0 spiro atoms. The molecule has 0 aliphatic carbocycles. The van der Waals surface area contributed by atoms with Gasteiger partial charge in [0.05, 0.1) is 6.61 Å². The molecule has 0 aliphatic rings. The van der Waals surface area contributed by atoms with Crippen molar-refractivity contribution in [3.63, 3.8) is 0 Å². The molecule has 0 saturated heterocycles. The van der Waals surface area contributed by atoms with Crippen LogP contribution in [0.5, 0.6) is 0 Å². The number of aromatic nitrogens is 2. The van der Waals surface area contributed by atoms with E-state index in [9.17, 15) is 0 Å². The summed E-state index contributed by atoms with van der Waals surface area (Å²) in [5, 5.41) is 0. The van der Waals surface area contributed by atoms with Crippen LogP contribution in [0.15, 0.2) is 10.9 Å². The highest BCUT2D eigenvalue weighted by atomic mass is 79.9. The molecule has 0 aromatic carbocycles. The summed E-state index contributed by atoms with van der Waals surface area (Å²) in [6, 6.07) is 0. The van der Waals surface area contributed by atoms with E-state index in [1.807, 2.05) is 6.20 Å². The van der Waals surface area contributed by atoms with Crippen LogP contribution in [-0.4, -0.2) is 23.3 Å². The predicted octanol–water partition coefficient (Wildman–Crippen LogP) is 1.85. The van der Waals surface area contributed by atoms with Crippen molar-refractivity contribution in [1.29, 1.82) is 0 Å². The van der Waals surface area contributed by atoms with E-state index in [1.165, 1.54) is 5.69 Å². The van der Waals surface area contributed by atoms with Crippen LogP contribution in [0, 0.1) is 0 Å². The van der Waals surface area contributed by atoms with Crippen LogP contribution >= 0.6 is 15.9 Å². The zero-order valence-corrected chi connectivity index (χ0v) is 8.97. The lowest BCUT2D eigenvalue weighted by Crippen LogP contribution is -2.04. The first-order chi connectivity index (χ1) is 5.79. The highest BCUT2D eigenvalue weighted by molar-refractivity contribution is 9.10. The van der Waals surface area contributed by atoms with Crippen LogP contribution in [0.4, 0.5) is 0 Å². The Balaban J connectivity index is 2.70. The van der Waals surface area contributed by atoms with Crippen molar-refractivity contribution in [1.82, 2.24) is 9.55 Å². The van der Waals surface area contributed by atoms with Crippen LogP contribution in [0.2, 0.25) is 0 Å². The Bertz CT molecular complexity index is 247. The highest BCUT2D eigenvalue weighted by Gasteiger charge is 2.04. The lowest BCUT2D eigenvalue weighted by Gasteiger charge is -2.04. The Morgan fingerprint density at radius 2 is 2.42 bits per heavy atom. The Kier molecular flexibility index (Phi) is 3.75. The second kappa shape index (κ2) is 4.62. The molecule has 1 aromatic rings. The number of halogens is 1. The van der Waals surface area contributed by atoms with Crippen LogP contribution in [0.3, 0.4) is 0 Å². The molecular formula is C8H13BrN2O. The third-order valence-corrected chi connectivity index (χ3v) is 2.40. The summed E-state index contributed by atoms with van der Waals surface area (Å²) in [5.41, 5.74) is 1.21. The number of rotatable bonds is 4. The molecule has 0 aliphatic heterocycles. The second-order valence-corrected chi connectivity index (χ2v) is 3.21. The van der Waals surface area contributed by atoms with Crippen LogP contribution in [-0.2, 0) is 17.7 Å².